The van der Waals surface area contributed by atoms with Crippen molar-refractivity contribution in [2.75, 3.05) is 13.2 Å². The predicted molar refractivity (Wildman–Crippen MR) is 64.6 cm³/mol. The van der Waals surface area contributed by atoms with Crippen LogP contribution < -0.4 is 4.74 Å². The lowest BCUT2D eigenvalue weighted by Gasteiger charge is -2.19. The number of carbonyl (C=O) groups is 1. The van der Waals surface area contributed by atoms with Crippen LogP contribution in [0.25, 0.3) is 0 Å². The molecule has 0 unspecified atom stereocenters. The van der Waals surface area contributed by atoms with Crippen molar-refractivity contribution in [2.24, 2.45) is 0 Å². The Morgan fingerprint density at radius 2 is 2.00 bits per heavy atom. The van der Waals surface area contributed by atoms with E-state index in [9.17, 15) is 4.79 Å². The van der Waals surface area contributed by atoms with Crippen LogP contribution in [0.4, 0.5) is 0 Å². The Balaban J connectivity index is 2.42. The van der Waals surface area contributed by atoms with Gasteiger partial charge in [0, 0.05) is 0 Å². The minimum Gasteiger partial charge on any atom is -0.491 e. The number of hydrogen-bond donors (Lipinski definition) is 1. The summed E-state index contributed by atoms with van der Waals surface area (Å²) in [5, 5.41) is 8.81. The summed E-state index contributed by atoms with van der Waals surface area (Å²) >= 11 is 0. The van der Waals surface area contributed by atoms with E-state index in [-0.39, 0.29) is 11.2 Å². The summed E-state index contributed by atoms with van der Waals surface area (Å²) in [5.41, 5.74) is 0.0333. The van der Waals surface area contributed by atoms with Crippen LogP contribution in [0.15, 0.2) is 24.3 Å². The molecule has 0 heterocycles. The molecular formula is C13H18O4. The van der Waals surface area contributed by atoms with Gasteiger partial charge in [0.2, 0.25) is 0 Å². The summed E-state index contributed by atoms with van der Waals surface area (Å²) < 4.78 is 10.9. The van der Waals surface area contributed by atoms with Gasteiger partial charge in [-0.15, -0.1) is 0 Å². The average Bonchev–Trinajstić information content (AvgIpc) is 2.23. The summed E-state index contributed by atoms with van der Waals surface area (Å²) in [6, 6.07) is 6.41. The minimum absolute atomic E-state index is 0.188. The van der Waals surface area contributed by atoms with Crippen molar-refractivity contribution in [1.29, 1.82) is 0 Å². The van der Waals surface area contributed by atoms with Crippen LogP contribution in [-0.4, -0.2) is 29.9 Å². The van der Waals surface area contributed by atoms with Crippen LogP contribution >= 0.6 is 0 Å². The van der Waals surface area contributed by atoms with E-state index in [1.165, 1.54) is 12.1 Å². The van der Waals surface area contributed by atoms with Gasteiger partial charge in [0.15, 0.2) is 0 Å². The fourth-order valence-corrected chi connectivity index (χ4v) is 1.23. The molecule has 4 nitrogen and oxygen atoms in total. The lowest BCUT2D eigenvalue weighted by molar-refractivity contribution is -0.0163. The Kier molecular flexibility index (Phi) is 4.52. The molecule has 1 N–H and O–H groups in total. The number of hydrogen-bond acceptors (Lipinski definition) is 3. The average molecular weight is 238 g/mol. The van der Waals surface area contributed by atoms with Gasteiger partial charge in [-0.2, -0.15) is 0 Å². The van der Waals surface area contributed by atoms with Gasteiger partial charge in [-0.25, -0.2) is 4.79 Å². The molecule has 0 aliphatic rings. The fraction of sp³-hybridized carbons (Fsp3) is 0.462. The van der Waals surface area contributed by atoms with E-state index in [4.69, 9.17) is 14.6 Å². The second-order valence-electron chi connectivity index (χ2n) is 4.64. The van der Waals surface area contributed by atoms with Gasteiger partial charge in [-0.3, -0.25) is 0 Å². The van der Waals surface area contributed by atoms with Crippen molar-refractivity contribution in [3.63, 3.8) is 0 Å². The Bertz CT molecular complexity index is 379. The highest BCUT2D eigenvalue weighted by molar-refractivity contribution is 5.87. The highest BCUT2D eigenvalue weighted by Crippen LogP contribution is 2.13. The van der Waals surface area contributed by atoms with Crippen LogP contribution in [0, 0.1) is 0 Å². The standard InChI is InChI=1S/C13H18O4/c1-13(2,3)17-8-7-16-11-6-4-5-10(9-11)12(14)15/h4-6,9H,7-8H2,1-3H3,(H,14,15). The molecule has 1 rings (SSSR count). The zero-order valence-electron chi connectivity index (χ0n) is 10.4. The van der Waals surface area contributed by atoms with Crippen molar-refractivity contribution in [1.82, 2.24) is 0 Å². The quantitative estimate of drug-likeness (QED) is 0.801. The van der Waals surface area contributed by atoms with Gasteiger partial charge in [0.25, 0.3) is 0 Å². The van der Waals surface area contributed by atoms with Gasteiger partial charge in [0.1, 0.15) is 12.4 Å². The van der Waals surface area contributed by atoms with Gasteiger partial charge in [0.05, 0.1) is 17.8 Å². The normalized spacial score (nSPS) is 11.2. The molecule has 17 heavy (non-hydrogen) atoms. The van der Waals surface area contributed by atoms with E-state index in [2.05, 4.69) is 0 Å². The summed E-state index contributed by atoms with van der Waals surface area (Å²) in [5.74, 6) is -0.413. The van der Waals surface area contributed by atoms with Crippen LogP contribution in [0.2, 0.25) is 0 Å². The largest absolute Gasteiger partial charge is 0.491 e. The molecule has 0 aromatic heterocycles. The molecule has 94 valence electrons. The zero-order valence-corrected chi connectivity index (χ0v) is 10.4. The molecule has 0 aliphatic carbocycles. The maximum Gasteiger partial charge on any atom is 0.335 e. The van der Waals surface area contributed by atoms with Gasteiger partial charge in [-0.05, 0) is 39.0 Å². The van der Waals surface area contributed by atoms with Crippen molar-refractivity contribution >= 4 is 5.97 Å². The third-order valence-electron chi connectivity index (χ3n) is 1.97. The van der Waals surface area contributed by atoms with E-state index >= 15 is 0 Å². The Morgan fingerprint density at radius 1 is 1.29 bits per heavy atom. The van der Waals surface area contributed by atoms with Crippen molar-refractivity contribution < 1.29 is 19.4 Å². The number of rotatable bonds is 5. The Morgan fingerprint density at radius 3 is 2.59 bits per heavy atom. The maximum absolute atomic E-state index is 10.7. The first-order chi connectivity index (χ1) is 7.88. The Hall–Kier alpha value is -1.55. The van der Waals surface area contributed by atoms with E-state index < -0.39 is 5.97 Å². The third-order valence-corrected chi connectivity index (χ3v) is 1.97. The smallest absolute Gasteiger partial charge is 0.335 e. The first-order valence-electron chi connectivity index (χ1n) is 5.48. The van der Waals surface area contributed by atoms with Gasteiger partial charge >= 0.3 is 5.97 Å². The van der Waals surface area contributed by atoms with Crippen LogP contribution in [0.3, 0.4) is 0 Å². The van der Waals surface area contributed by atoms with Crippen molar-refractivity contribution in [2.45, 2.75) is 26.4 Å². The van der Waals surface area contributed by atoms with Crippen molar-refractivity contribution in [3.05, 3.63) is 29.8 Å². The molecule has 1 aromatic rings. The molecule has 1 aromatic carbocycles. The SMILES string of the molecule is CC(C)(C)OCCOc1cccc(C(=O)O)c1. The molecule has 4 heteroatoms. The summed E-state index contributed by atoms with van der Waals surface area (Å²) in [6.07, 6.45) is 0. The molecule has 0 amide bonds. The van der Waals surface area contributed by atoms with Crippen LogP contribution in [-0.2, 0) is 4.74 Å². The zero-order chi connectivity index (χ0) is 12.9. The molecule has 0 bridgehead atoms. The van der Waals surface area contributed by atoms with Gasteiger partial charge in [-0.1, -0.05) is 6.07 Å². The minimum atomic E-state index is -0.957. The number of carboxylic acids is 1. The first-order valence-corrected chi connectivity index (χ1v) is 5.48. The number of ether oxygens (including phenoxy) is 2. The third kappa shape index (κ3) is 5.36. The van der Waals surface area contributed by atoms with E-state index in [0.29, 0.717) is 19.0 Å². The number of benzene rings is 1. The molecule has 0 radical (unpaired) electrons. The highest BCUT2D eigenvalue weighted by atomic mass is 16.5. The second-order valence-corrected chi connectivity index (χ2v) is 4.64. The molecule has 0 saturated carbocycles. The molecule has 0 fully saturated rings. The molecule has 0 atom stereocenters. The Labute approximate surface area is 101 Å². The monoisotopic (exact) mass is 238 g/mol. The number of carboxylic acid groups (broad SMARTS) is 1. The summed E-state index contributed by atoms with van der Waals surface area (Å²) in [4.78, 5) is 10.7. The maximum atomic E-state index is 10.7. The van der Waals surface area contributed by atoms with E-state index in [0.717, 1.165) is 0 Å². The van der Waals surface area contributed by atoms with Gasteiger partial charge < -0.3 is 14.6 Å². The summed E-state index contributed by atoms with van der Waals surface area (Å²) in [6.45, 7) is 6.79. The first kappa shape index (κ1) is 13.5. The lowest BCUT2D eigenvalue weighted by atomic mass is 10.2. The van der Waals surface area contributed by atoms with Crippen LogP contribution in [0.1, 0.15) is 31.1 Å². The molecule has 0 aliphatic heterocycles. The summed E-state index contributed by atoms with van der Waals surface area (Å²) in [7, 11) is 0. The van der Waals surface area contributed by atoms with Crippen molar-refractivity contribution in [3.8, 4) is 5.75 Å². The van der Waals surface area contributed by atoms with Crippen LogP contribution in [0.5, 0.6) is 5.75 Å². The second kappa shape index (κ2) is 5.68. The van der Waals surface area contributed by atoms with E-state index in [1.54, 1.807) is 12.1 Å². The molecule has 0 saturated heterocycles. The molecular weight excluding hydrogens is 220 g/mol. The predicted octanol–water partition coefficient (Wildman–Crippen LogP) is 2.58. The lowest BCUT2D eigenvalue weighted by Crippen LogP contribution is -2.22. The fourth-order valence-electron chi connectivity index (χ4n) is 1.23. The topological polar surface area (TPSA) is 55.8 Å². The van der Waals surface area contributed by atoms with E-state index in [1.807, 2.05) is 20.8 Å². The number of aromatic carboxylic acids is 1. The molecule has 0 spiro atoms. The highest BCUT2D eigenvalue weighted by Gasteiger charge is 2.09.